The highest BCUT2D eigenvalue weighted by Gasteiger charge is 2.05. The van der Waals surface area contributed by atoms with Crippen molar-refractivity contribution >= 4 is 5.97 Å². The van der Waals surface area contributed by atoms with Gasteiger partial charge in [0.05, 0.1) is 6.61 Å². The Morgan fingerprint density at radius 1 is 1.33 bits per heavy atom. The number of esters is 1. The Hall–Kier alpha value is -1.59. The zero-order valence-corrected chi connectivity index (χ0v) is 12.8. The lowest BCUT2D eigenvalue weighted by Gasteiger charge is -2.13. The summed E-state index contributed by atoms with van der Waals surface area (Å²) in [5.41, 5.74) is 1.17. The van der Waals surface area contributed by atoms with E-state index in [0.29, 0.717) is 32.5 Å². The van der Waals surface area contributed by atoms with Crippen molar-refractivity contribution in [3.8, 4) is 5.75 Å². The number of carbonyl (C=O) groups is 1. The highest BCUT2D eigenvalue weighted by Crippen LogP contribution is 2.11. The van der Waals surface area contributed by atoms with Crippen LogP contribution in [0.5, 0.6) is 5.75 Å². The van der Waals surface area contributed by atoms with Crippen molar-refractivity contribution in [3.05, 3.63) is 29.8 Å². The maximum atomic E-state index is 11.1. The van der Waals surface area contributed by atoms with Gasteiger partial charge >= 0.3 is 5.97 Å². The van der Waals surface area contributed by atoms with Crippen LogP contribution < -0.4 is 10.1 Å². The highest BCUT2D eigenvalue weighted by molar-refractivity contribution is 5.69. The summed E-state index contributed by atoms with van der Waals surface area (Å²) >= 11 is 0. The molecule has 1 rings (SSSR count). The molecule has 0 aliphatic rings. The zero-order valence-electron chi connectivity index (χ0n) is 12.8. The van der Waals surface area contributed by atoms with Crippen molar-refractivity contribution in [1.82, 2.24) is 5.32 Å². The number of benzene rings is 1. The highest BCUT2D eigenvalue weighted by atomic mass is 16.5. The van der Waals surface area contributed by atoms with Gasteiger partial charge < -0.3 is 19.9 Å². The molecule has 0 aromatic heterocycles. The molecule has 21 heavy (non-hydrogen) atoms. The third-order valence-corrected chi connectivity index (χ3v) is 2.88. The van der Waals surface area contributed by atoms with E-state index in [1.54, 1.807) is 6.92 Å². The molecule has 2 N–H and O–H groups in total. The molecule has 0 aliphatic heterocycles. The van der Waals surface area contributed by atoms with E-state index in [4.69, 9.17) is 9.47 Å². The summed E-state index contributed by atoms with van der Waals surface area (Å²) in [6, 6.07) is 7.70. The summed E-state index contributed by atoms with van der Waals surface area (Å²) in [6.45, 7) is 5.57. The lowest BCUT2D eigenvalue weighted by Crippen LogP contribution is -2.32. The molecule has 0 heterocycles. The second-order valence-corrected chi connectivity index (χ2v) is 4.89. The van der Waals surface area contributed by atoms with Crippen LogP contribution >= 0.6 is 0 Å². The van der Waals surface area contributed by atoms with E-state index in [1.807, 2.05) is 31.2 Å². The fourth-order valence-electron chi connectivity index (χ4n) is 1.75. The average Bonchev–Trinajstić information content (AvgIpc) is 2.46. The van der Waals surface area contributed by atoms with E-state index in [-0.39, 0.29) is 12.6 Å². The molecule has 0 fully saturated rings. The SMILES string of the molecule is CCOC(=O)CCCNCC(O)COc1ccc(C)cc1. The summed E-state index contributed by atoms with van der Waals surface area (Å²) in [4.78, 5) is 11.1. The fraction of sp³-hybridized carbons (Fsp3) is 0.562. The normalized spacial score (nSPS) is 12.0. The summed E-state index contributed by atoms with van der Waals surface area (Å²) < 4.78 is 10.3. The monoisotopic (exact) mass is 295 g/mol. The number of aliphatic hydroxyl groups excluding tert-OH is 1. The van der Waals surface area contributed by atoms with Gasteiger partial charge in [-0.25, -0.2) is 0 Å². The molecule has 1 aromatic carbocycles. The van der Waals surface area contributed by atoms with Gasteiger partial charge in [0.25, 0.3) is 0 Å². The molecule has 1 atom stereocenters. The first-order valence-corrected chi connectivity index (χ1v) is 7.35. The number of nitrogens with one attached hydrogen (secondary N) is 1. The number of rotatable bonds is 10. The van der Waals surface area contributed by atoms with Gasteiger partial charge in [-0.3, -0.25) is 4.79 Å². The van der Waals surface area contributed by atoms with Gasteiger partial charge in [-0.15, -0.1) is 0 Å². The molecule has 0 bridgehead atoms. The Kier molecular flexibility index (Phi) is 8.47. The number of aliphatic hydroxyl groups is 1. The molecule has 1 aromatic rings. The number of carbonyl (C=O) groups excluding carboxylic acids is 1. The Balaban J connectivity index is 2.04. The Morgan fingerprint density at radius 2 is 2.05 bits per heavy atom. The first-order valence-electron chi connectivity index (χ1n) is 7.35. The largest absolute Gasteiger partial charge is 0.491 e. The molecule has 0 amide bonds. The lowest BCUT2D eigenvalue weighted by molar-refractivity contribution is -0.143. The van der Waals surface area contributed by atoms with Crippen molar-refractivity contribution in [2.75, 3.05) is 26.3 Å². The third-order valence-electron chi connectivity index (χ3n) is 2.88. The fourth-order valence-corrected chi connectivity index (χ4v) is 1.75. The van der Waals surface area contributed by atoms with Crippen LogP contribution in [0.15, 0.2) is 24.3 Å². The molecule has 0 aliphatic carbocycles. The second-order valence-electron chi connectivity index (χ2n) is 4.89. The molecule has 118 valence electrons. The summed E-state index contributed by atoms with van der Waals surface area (Å²) in [6.07, 6.45) is 0.523. The minimum Gasteiger partial charge on any atom is -0.491 e. The van der Waals surface area contributed by atoms with Crippen molar-refractivity contribution in [2.24, 2.45) is 0 Å². The van der Waals surface area contributed by atoms with E-state index >= 15 is 0 Å². The van der Waals surface area contributed by atoms with Gasteiger partial charge in [-0.05, 0) is 38.9 Å². The quantitative estimate of drug-likeness (QED) is 0.507. The molecule has 0 saturated heterocycles. The smallest absolute Gasteiger partial charge is 0.305 e. The Morgan fingerprint density at radius 3 is 2.71 bits per heavy atom. The van der Waals surface area contributed by atoms with Crippen molar-refractivity contribution in [2.45, 2.75) is 32.8 Å². The topological polar surface area (TPSA) is 67.8 Å². The predicted molar refractivity (Wildman–Crippen MR) is 81.4 cm³/mol. The second kappa shape index (κ2) is 10.2. The van der Waals surface area contributed by atoms with Crippen molar-refractivity contribution in [1.29, 1.82) is 0 Å². The van der Waals surface area contributed by atoms with Crippen LogP contribution in [-0.2, 0) is 9.53 Å². The summed E-state index contributed by atoms with van der Waals surface area (Å²) in [7, 11) is 0. The Labute approximate surface area is 126 Å². The van der Waals surface area contributed by atoms with Crippen LogP contribution in [0.2, 0.25) is 0 Å². The van der Waals surface area contributed by atoms with E-state index < -0.39 is 6.10 Å². The van der Waals surface area contributed by atoms with Crippen LogP contribution in [0, 0.1) is 6.92 Å². The van der Waals surface area contributed by atoms with Gasteiger partial charge in [-0.2, -0.15) is 0 Å². The van der Waals surface area contributed by atoms with Crippen LogP contribution in [-0.4, -0.2) is 43.5 Å². The van der Waals surface area contributed by atoms with Crippen LogP contribution in [0.4, 0.5) is 0 Å². The van der Waals surface area contributed by atoms with E-state index in [9.17, 15) is 9.90 Å². The maximum absolute atomic E-state index is 11.1. The predicted octanol–water partition coefficient (Wildman–Crippen LogP) is 1.67. The van der Waals surface area contributed by atoms with E-state index in [1.165, 1.54) is 5.56 Å². The molecule has 0 radical (unpaired) electrons. The van der Waals surface area contributed by atoms with Crippen molar-refractivity contribution < 1.29 is 19.4 Å². The minimum absolute atomic E-state index is 0.178. The number of hydrogen-bond acceptors (Lipinski definition) is 5. The van der Waals surface area contributed by atoms with Gasteiger partial charge in [0.2, 0.25) is 0 Å². The summed E-state index contributed by atoms with van der Waals surface area (Å²) in [5, 5.41) is 12.9. The number of aryl methyl sites for hydroxylation is 1. The first kappa shape index (κ1) is 17.5. The Bertz CT molecular complexity index is 405. The molecule has 0 spiro atoms. The summed E-state index contributed by atoms with van der Waals surface area (Å²) in [5.74, 6) is 0.574. The van der Waals surface area contributed by atoms with Crippen LogP contribution in [0.1, 0.15) is 25.3 Å². The molecule has 1 unspecified atom stereocenters. The first-order chi connectivity index (χ1) is 10.1. The van der Waals surface area contributed by atoms with E-state index in [0.717, 1.165) is 5.75 Å². The number of ether oxygens (including phenoxy) is 2. The number of hydrogen-bond donors (Lipinski definition) is 2. The lowest BCUT2D eigenvalue weighted by atomic mass is 10.2. The van der Waals surface area contributed by atoms with Crippen molar-refractivity contribution in [3.63, 3.8) is 0 Å². The van der Waals surface area contributed by atoms with Crippen LogP contribution in [0.25, 0.3) is 0 Å². The van der Waals surface area contributed by atoms with Crippen LogP contribution in [0.3, 0.4) is 0 Å². The average molecular weight is 295 g/mol. The van der Waals surface area contributed by atoms with Gasteiger partial charge in [0, 0.05) is 13.0 Å². The molecule has 5 nitrogen and oxygen atoms in total. The third kappa shape index (κ3) is 8.32. The van der Waals surface area contributed by atoms with Gasteiger partial charge in [0.1, 0.15) is 18.5 Å². The zero-order chi connectivity index (χ0) is 15.5. The molecule has 0 saturated carbocycles. The molecule has 5 heteroatoms. The minimum atomic E-state index is -0.575. The van der Waals surface area contributed by atoms with E-state index in [2.05, 4.69) is 5.32 Å². The standard InChI is InChI=1S/C16H25NO4/c1-3-20-16(19)5-4-10-17-11-14(18)12-21-15-8-6-13(2)7-9-15/h6-9,14,17-18H,3-5,10-12H2,1-2H3. The molecular weight excluding hydrogens is 270 g/mol. The van der Waals surface area contributed by atoms with Gasteiger partial charge in [0.15, 0.2) is 0 Å². The van der Waals surface area contributed by atoms with Gasteiger partial charge in [-0.1, -0.05) is 17.7 Å². The maximum Gasteiger partial charge on any atom is 0.305 e. The molecular formula is C16H25NO4.